The van der Waals surface area contributed by atoms with Crippen LogP contribution < -0.4 is 10.5 Å². The molecule has 19 heavy (non-hydrogen) atoms. The van der Waals surface area contributed by atoms with Crippen LogP contribution in [0.25, 0.3) is 9.40 Å². The van der Waals surface area contributed by atoms with Gasteiger partial charge in [0.25, 0.3) is 0 Å². The minimum absolute atomic E-state index is 0.0300. The van der Waals surface area contributed by atoms with Crippen molar-refractivity contribution in [3.05, 3.63) is 17.0 Å². The van der Waals surface area contributed by atoms with E-state index in [0.717, 1.165) is 11.3 Å². The molecule has 0 atom stereocenters. The summed E-state index contributed by atoms with van der Waals surface area (Å²) in [6.07, 6.45) is 0. The molecule has 2 aromatic heterocycles. The first-order chi connectivity index (χ1) is 8.71. The van der Waals surface area contributed by atoms with Crippen LogP contribution in [0.2, 0.25) is 0 Å². The number of hydrogen-bond acceptors (Lipinski definition) is 5. The summed E-state index contributed by atoms with van der Waals surface area (Å²) < 4.78 is 60.2. The highest BCUT2D eigenvalue weighted by Crippen LogP contribution is 2.35. The van der Waals surface area contributed by atoms with Crippen LogP contribution in [0.3, 0.4) is 0 Å². The van der Waals surface area contributed by atoms with E-state index in [-0.39, 0.29) is 10.8 Å². The first-order valence-corrected chi connectivity index (χ1v) is 8.13. The van der Waals surface area contributed by atoms with Crippen molar-refractivity contribution < 1.29 is 21.6 Å². The van der Waals surface area contributed by atoms with Crippen molar-refractivity contribution in [1.82, 2.24) is 5.32 Å². The average Bonchev–Trinajstić information content (AvgIpc) is 2.83. The van der Waals surface area contributed by atoms with Gasteiger partial charge in [0.05, 0.1) is 4.01 Å². The first kappa shape index (κ1) is 14.7. The number of thiophene rings is 2. The van der Waals surface area contributed by atoms with Crippen molar-refractivity contribution in [3.63, 3.8) is 0 Å². The molecule has 2 heterocycles. The molecule has 0 amide bonds. The summed E-state index contributed by atoms with van der Waals surface area (Å²) in [5.74, 6) is 0. The molecule has 3 N–H and O–H groups in total. The average molecular weight is 330 g/mol. The minimum atomic E-state index is -3.75. The van der Waals surface area contributed by atoms with Crippen LogP contribution in [-0.4, -0.2) is 21.1 Å². The lowest BCUT2D eigenvalue weighted by molar-refractivity contribution is -0.0563. The highest BCUT2D eigenvalue weighted by atomic mass is 32.2. The fourth-order valence-corrected chi connectivity index (χ4v) is 4.69. The van der Waals surface area contributed by atoms with E-state index < -0.39 is 22.7 Å². The minimum Gasteiger partial charge on any atom is -0.251 e. The third kappa shape index (κ3) is 3.45. The van der Waals surface area contributed by atoms with Gasteiger partial charge in [0.2, 0.25) is 10.0 Å². The second-order valence-corrected chi connectivity index (χ2v) is 7.99. The normalized spacial score (nSPS) is 13.3. The number of rotatable bonds is 5. The van der Waals surface area contributed by atoms with Gasteiger partial charge in [-0.3, -0.25) is 5.32 Å². The van der Waals surface area contributed by atoms with E-state index in [1.54, 1.807) is 11.4 Å². The zero-order valence-corrected chi connectivity index (χ0v) is 11.8. The highest BCUT2D eigenvalue weighted by Gasteiger charge is 2.28. The zero-order chi connectivity index (χ0) is 14.3. The van der Waals surface area contributed by atoms with E-state index in [9.17, 15) is 21.6 Å². The Bertz CT molecular complexity index is 661. The Balaban J connectivity index is 2.18. The maximum Gasteiger partial charge on any atom is 0.330 e. The maximum absolute atomic E-state index is 12.7. The van der Waals surface area contributed by atoms with E-state index in [1.165, 1.54) is 17.4 Å². The third-order valence-electron chi connectivity index (χ3n) is 2.21. The van der Waals surface area contributed by atoms with Crippen molar-refractivity contribution in [2.75, 3.05) is 6.67 Å². The molecule has 106 valence electrons. The molecule has 0 saturated heterocycles. The van der Waals surface area contributed by atoms with Gasteiger partial charge in [-0.1, -0.05) is 0 Å². The Hall–Kier alpha value is -0.680. The van der Waals surface area contributed by atoms with Gasteiger partial charge in [0.15, 0.2) is 6.67 Å². The number of sulfonamides is 1. The summed E-state index contributed by atoms with van der Waals surface area (Å²) in [4.78, 5) is 0.565. The molecular formula is C9H9F3N2O2S3. The molecule has 2 aromatic rings. The summed E-state index contributed by atoms with van der Waals surface area (Å²) in [5.41, 5.74) is 0. The molecule has 0 aliphatic rings. The van der Waals surface area contributed by atoms with Gasteiger partial charge in [-0.2, -0.15) is 8.78 Å². The van der Waals surface area contributed by atoms with Crippen LogP contribution in [0.5, 0.6) is 0 Å². The predicted octanol–water partition coefficient (Wildman–Crippen LogP) is 2.26. The molecule has 0 radical (unpaired) electrons. The Labute approximate surface area is 115 Å². The number of hydrogen-bond donors (Lipinski definition) is 2. The van der Waals surface area contributed by atoms with Gasteiger partial charge < -0.3 is 0 Å². The molecule has 0 spiro atoms. The van der Waals surface area contributed by atoms with Crippen molar-refractivity contribution in [2.45, 2.75) is 16.8 Å². The summed E-state index contributed by atoms with van der Waals surface area (Å²) in [7, 11) is -3.75. The van der Waals surface area contributed by atoms with Gasteiger partial charge in [0, 0.05) is 16.8 Å². The maximum atomic E-state index is 12.7. The van der Waals surface area contributed by atoms with E-state index in [4.69, 9.17) is 5.14 Å². The number of nitrogens with two attached hydrogens (primary N) is 1. The number of nitrogens with one attached hydrogen (secondary N) is 1. The van der Waals surface area contributed by atoms with Gasteiger partial charge >= 0.3 is 6.05 Å². The van der Waals surface area contributed by atoms with Crippen LogP contribution in [0.15, 0.2) is 16.3 Å². The van der Waals surface area contributed by atoms with Gasteiger partial charge in [0.1, 0.15) is 4.21 Å². The van der Waals surface area contributed by atoms with Crippen LogP contribution in [0, 0.1) is 0 Å². The summed E-state index contributed by atoms with van der Waals surface area (Å²) in [6, 6.07) is -0.585. The van der Waals surface area contributed by atoms with E-state index >= 15 is 0 Å². The molecular weight excluding hydrogens is 321 g/mol. The number of alkyl halides is 3. The van der Waals surface area contributed by atoms with Crippen molar-refractivity contribution in [1.29, 1.82) is 0 Å². The second-order valence-electron chi connectivity index (χ2n) is 3.76. The van der Waals surface area contributed by atoms with Crippen LogP contribution in [0.4, 0.5) is 13.2 Å². The molecule has 4 nitrogen and oxygen atoms in total. The van der Waals surface area contributed by atoms with Crippen molar-refractivity contribution in [3.8, 4) is 0 Å². The largest absolute Gasteiger partial charge is 0.330 e. The lowest BCUT2D eigenvalue weighted by Crippen LogP contribution is -2.37. The van der Waals surface area contributed by atoms with Crippen molar-refractivity contribution >= 4 is 42.1 Å². The lowest BCUT2D eigenvalue weighted by Gasteiger charge is -2.12. The van der Waals surface area contributed by atoms with Gasteiger partial charge in [-0.15, -0.1) is 22.7 Å². The number of halogens is 3. The van der Waals surface area contributed by atoms with E-state index in [1.807, 2.05) is 0 Å². The lowest BCUT2D eigenvalue weighted by atomic mass is 10.3. The molecule has 0 aliphatic heterocycles. The molecule has 2 rings (SSSR count). The summed E-state index contributed by atoms with van der Waals surface area (Å²) in [6.45, 7) is -1.96. The monoisotopic (exact) mass is 330 g/mol. The highest BCUT2D eigenvalue weighted by molar-refractivity contribution is 7.91. The Morgan fingerprint density at radius 3 is 2.53 bits per heavy atom. The Morgan fingerprint density at radius 1 is 1.32 bits per heavy atom. The molecule has 0 fully saturated rings. The predicted molar refractivity (Wildman–Crippen MR) is 68.8 cm³/mol. The van der Waals surface area contributed by atoms with Crippen LogP contribution in [0.1, 0.15) is 4.88 Å². The van der Waals surface area contributed by atoms with Gasteiger partial charge in [-0.25, -0.2) is 17.9 Å². The number of fused-ring (bicyclic) bond motifs is 1. The molecule has 0 aliphatic carbocycles. The van der Waals surface area contributed by atoms with E-state index in [2.05, 4.69) is 0 Å². The topological polar surface area (TPSA) is 72.2 Å². The number of primary sulfonamides is 1. The van der Waals surface area contributed by atoms with Gasteiger partial charge in [-0.05, 0) is 12.1 Å². The molecule has 0 aromatic carbocycles. The third-order valence-corrected chi connectivity index (χ3v) is 6.02. The quantitative estimate of drug-likeness (QED) is 0.826. The standard InChI is InChI=1S/C9H9F3N2O2S3/c10-4-9(11,12)14-3-6-1-5-2-7(19(13,15)16)18-8(5)17-6/h1-2,14H,3-4H2,(H2,13,15,16). The molecule has 0 unspecified atom stereocenters. The van der Waals surface area contributed by atoms with Crippen LogP contribution >= 0.6 is 22.7 Å². The Kier molecular flexibility index (Phi) is 3.89. The summed E-state index contributed by atoms with van der Waals surface area (Å²) in [5, 5.41) is 7.39. The molecule has 0 saturated carbocycles. The SMILES string of the molecule is NS(=O)(=O)c1cc2cc(CNC(F)(F)CF)sc2s1. The fourth-order valence-electron chi connectivity index (χ4n) is 1.36. The Morgan fingerprint density at radius 2 is 2.00 bits per heavy atom. The van der Waals surface area contributed by atoms with Crippen molar-refractivity contribution in [2.24, 2.45) is 5.14 Å². The summed E-state index contributed by atoms with van der Waals surface area (Å²) >= 11 is 2.15. The van der Waals surface area contributed by atoms with E-state index in [0.29, 0.717) is 14.3 Å². The van der Waals surface area contributed by atoms with Crippen LogP contribution in [-0.2, 0) is 16.6 Å². The second kappa shape index (κ2) is 5.02. The molecule has 0 bridgehead atoms. The smallest absolute Gasteiger partial charge is 0.251 e. The molecule has 10 heteroatoms. The zero-order valence-electron chi connectivity index (χ0n) is 9.32. The first-order valence-electron chi connectivity index (χ1n) is 4.95. The fraction of sp³-hybridized carbons (Fsp3) is 0.333.